The number of unbranched alkanes of at least 4 members (excludes halogenated alkanes) is 4. The van der Waals surface area contributed by atoms with Gasteiger partial charge in [0.1, 0.15) is 23.0 Å². The maximum absolute atomic E-state index is 13.3. The number of amides is 4. The number of fused-ring (bicyclic) bond motifs is 8. The largest absolute Gasteiger partial charge is 0.493 e. The zero-order valence-electron chi connectivity index (χ0n) is 66.0. The number of rotatable bonds is 36. The van der Waals surface area contributed by atoms with Crippen LogP contribution in [0, 0.1) is 0 Å². The molecule has 0 radical (unpaired) electrons. The van der Waals surface area contributed by atoms with Gasteiger partial charge in [0, 0.05) is 51.4 Å². The maximum Gasteiger partial charge on any atom is 0.243 e. The average Bonchev–Trinajstić information content (AvgIpc) is 0.761. The fraction of sp³-hybridized carbons (Fsp3) is 0.435. The summed E-state index contributed by atoms with van der Waals surface area (Å²) in [4.78, 5) is 75.6. The molecule has 0 aromatic heterocycles. The molecule has 4 amide bonds. The third kappa shape index (κ3) is 26.5. The molecule has 8 aromatic rings. The van der Waals surface area contributed by atoms with Gasteiger partial charge in [-0.15, -0.1) is 0 Å². The highest BCUT2D eigenvalue weighted by atomic mass is 16.7. The Morgan fingerprint density at radius 3 is 0.611 bits per heavy atom. The first kappa shape index (κ1) is 82.7. The number of benzene rings is 8. The van der Waals surface area contributed by atoms with Crippen molar-refractivity contribution >= 4 is 23.6 Å². The number of ether oxygens (including phenoxy) is 4. The smallest absolute Gasteiger partial charge is 0.243 e. The fourth-order valence-corrected chi connectivity index (χ4v) is 12.9. The number of hydrogen-bond acceptors (Lipinski definition) is 12. The van der Waals surface area contributed by atoms with E-state index in [1.807, 2.05) is 121 Å². The third-order valence-corrected chi connectivity index (χ3v) is 19.2. The van der Waals surface area contributed by atoms with Gasteiger partial charge in [-0.25, -0.2) is 21.9 Å². The number of nitrogens with one attached hydrogen (secondary N) is 4. The van der Waals surface area contributed by atoms with Gasteiger partial charge in [-0.2, -0.15) is 0 Å². The van der Waals surface area contributed by atoms with Crippen molar-refractivity contribution in [2.75, 3.05) is 26.4 Å². The van der Waals surface area contributed by atoms with E-state index in [1.54, 1.807) is 0 Å². The van der Waals surface area contributed by atoms with Crippen LogP contribution in [0.4, 0.5) is 0 Å². The van der Waals surface area contributed by atoms with Crippen LogP contribution in [0.1, 0.15) is 249 Å². The van der Waals surface area contributed by atoms with E-state index >= 15 is 0 Å². The lowest BCUT2D eigenvalue weighted by Gasteiger charge is -2.29. The Balaban J connectivity index is 1.14. The van der Waals surface area contributed by atoms with E-state index < -0.39 is 0 Å². The Morgan fingerprint density at radius 2 is 0.444 bits per heavy atom. The lowest BCUT2D eigenvalue weighted by molar-refractivity contribution is -0.135. The molecular formula is C92H116N4O12. The van der Waals surface area contributed by atoms with Gasteiger partial charge in [0.25, 0.3) is 0 Å². The Labute approximate surface area is 641 Å². The highest BCUT2D eigenvalue weighted by Crippen LogP contribution is 2.45. The minimum atomic E-state index is -0.306. The Morgan fingerprint density at radius 1 is 0.269 bits per heavy atom. The molecule has 108 heavy (non-hydrogen) atoms. The lowest BCUT2D eigenvalue weighted by Crippen LogP contribution is -2.23. The van der Waals surface area contributed by atoms with Crippen LogP contribution in [0.25, 0.3) is 0 Å². The molecular weight excluding hydrogens is 1350 g/mol. The summed E-state index contributed by atoms with van der Waals surface area (Å²) in [6.45, 7) is 29.4. The van der Waals surface area contributed by atoms with Crippen LogP contribution in [0.2, 0.25) is 0 Å². The number of carbonyl (C=O) groups is 4. The number of hydrogen-bond donors (Lipinski definition) is 4. The Bertz CT molecular complexity index is 3560. The monoisotopic (exact) mass is 1470 g/mol. The van der Waals surface area contributed by atoms with Crippen molar-refractivity contribution in [3.8, 4) is 23.0 Å². The molecule has 4 N–H and O–H groups in total. The molecule has 0 saturated heterocycles. The molecule has 1 aliphatic rings. The van der Waals surface area contributed by atoms with Gasteiger partial charge < -0.3 is 18.9 Å². The normalized spacial score (nSPS) is 12.4. The molecule has 1 aliphatic carbocycles. The van der Waals surface area contributed by atoms with Crippen LogP contribution in [0.15, 0.2) is 170 Å². The van der Waals surface area contributed by atoms with E-state index in [1.165, 1.54) is 0 Å². The predicted octanol–water partition coefficient (Wildman–Crippen LogP) is 18.7. The predicted molar refractivity (Wildman–Crippen MR) is 427 cm³/mol. The van der Waals surface area contributed by atoms with E-state index in [9.17, 15) is 19.2 Å². The van der Waals surface area contributed by atoms with Crippen molar-refractivity contribution in [2.45, 2.75) is 234 Å². The second kappa shape index (κ2) is 40.2. The quantitative estimate of drug-likeness (QED) is 0.0215. The van der Waals surface area contributed by atoms with Gasteiger partial charge in [0.2, 0.25) is 23.6 Å². The van der Waals surface area contributed by atoms with Crippen LogP contribution in [0.5, 0.6) is 23.0 Å². The van der Waals surface area contributed by atoms with Gasteiger partial charge in [-0.05, 0) is 162 Å². The van der Waals surface area contributed by atoms with E-state index in [0.29, 0.717) is 103 Å². The summed E-state index contributed by atoms with van der Waals surface area (Å²) in [7, 11) is 0. The van der Waals surface area contributed by atoms with Gasteiger partial charge in [0.05, 0.1) is 52.9 Å². The minimum absolute atomic E-state index is 0.201. The highest BCUT2D eigenvalue weighted by molar-refractivity contribution is 5.76. The van der Waals surface area contributed by atoms with Crippen LogP contribution in [-0.4, -0.2) is 50.1 Å². The summed E-state index contributed by atoms with van der Waals surface area (Å²) in [6.07, 6.45) is 7.36. The van der Waals surface area contributed by atoms with Crippen LogP contribution in [0.3, 0.4) is 0 Å². The molecule has 0 spiro atoms. The zero-order chi connectivity index (χ0) is 77.1. The molecule has 0 unspecified atom stereocenters. The second-order valence-corrected chi connectivity index (χ2v) is 32.6. The molecule has 576 valence electrons. The van der Waals surface area contributed by atoms with Crippen molar-refractivity contribution in [3.05, 3.63) is 259 Å². The maximum atomic E-state index is 13.3. The van der Waals surface area contributed by atoms with Gasteiger partial charge >= 0.3 is 0 Å². The van der Waals surface area contributed by atoms with Crippen LogP contribution in [-0.2, 0) is 112 Å². The molecule has 16 nitrogen and oxygen atoms in total. The molecule has 8 aromatic carbocycles. The molecule has 0 fully saturated rings. The van der Waals surface area contributed by atoms with E-state index in [-0.39, 0.29) is 97.4 Å². The summed E-state index contributed by atoms with van der Waals surface area (Å²) in [6, 6.07) is 57.5. The van der Waals surface area contributed by atoms with Crippen LogP contribution >= 0.6 is 0 Å². The summed E-state index contributed by atoms with van der Waals surface area (Å²) in [5.74, 6) is 2.26. The Kier molecular flexibility index (Phi) is 30.8. The number of hydroxylamine groups is 4. The van der Waals surface area contributed by atoms with Crippen molar-refractivity contribution in [3.63, 3.8) is 0 Å². The third-order valence-electron chi connectivity index (χ3n) is 19.2. The summed E-state index contributed by atoms with van der Waals surface area (Å²) in [5, 5.41) is 0. The second-order valence-electron chi connectivity index (χ2n) is 32.6. The fourth-order valence-electron chi connectivity index (χ4n) is 12.9. The highest BCUT2D eigenvalue weighted by Gasteiger charge is 2.30. The average molecular weight is 1470 g/mol. The van der Waals surface area contributed by atoms with Crippen molar-refractivity contribution in [1.82, 2.24) is 21.9 Å². The van der Waals surface area contributed by atoms with Gasteiger partial charge in [-0.1, -0.05) is 253 Å². The summed E-state index contributed by atoms with van der Waals surface area (Å²) < 4.78 is 29.2. The minimum Gasteiger partial charge on any atom is -0.493 e. The van der Waals surface area contributed by atoms with Gasteiger partial charge in [-0.3, -0.25) is 38.5 Å². The first-order valence-electron chi connectivity index (χ1n) is 38.7. The zero-order valence-corrected chi connectivity index (χ0v) is 66.0. The summed E-state index contributed by atoms with van der Waals surface area (Å²) >= 11 is 0. The van der Waals surface area contributed by atoms with E-state index in [4.69, 9.17) is 38.3 Å². The molecule has 0 atom stereocenters. The lowest BCUT2D eigenvalue weighted by atomic mass is 9.79. The SMILES string of the molecule is CC(C)(C)c1cc2c(OCCCCC(=O)NOCc3ccccc3)c(c1)Cc1cc(C(C)(C)C)cc(c1OCCCCC(=O)NOCc1ccccc1)Cc1cc(C(C)(C)C)cc(c1OCCCCC(=O)NOCc1ccccc1)Cc1cc(C(C)(C)C)cc(c1OCCCCC(=O)NOCc1ccccc1)C2. The van der Waals surface area contributed by atoms with Crippen molar-refractivity contribution in [1.29, 1.82) is 0 Å². The molecule has 8 bridgehead atoms. The van der Waals surface area contributed by atoms with Crippen molar-refractivity contribution in [2.24, 2.45) is 0 Å². The van der Waals surface area contributed by atoms with E-state index in [0.717, 1.165) is 112 Å². The summed E-state index contributed by atoms with van der Waals surface area (Å²) in [5.41, 5.74) is 25.7. The first-order valence-corrected chi connectivity index (χ1v) is 38.7. The number of carbonyl (C=O) groups excluding carboxylic acids is 4. The topological polar surface area (TPSA) is 190 Å². The molecule has 9 rings (SSSR count). The molecule has 0 saturated carbocycles. The molecule has 16 heteroatoms. The Hall–Kier alpha value is -9.32. The van der Waals surface area contributed by atoms with Crippen molar-refractivity contribution < 1.29 is 57.5 Å². The van der Waals surface area contributed by atoms with Gasteiger partial charge in [0.15, 0.2) is 0 Å². The molecule has 0 heterocycles. The molecule has 0 aliphatic heterocycles. The van der Waals surface area contributed by atoms with Crippen LogP contribution < -0.4 is 40.9 Å². The standard InChI is InChI=1S/C92H116N4O12/c1-89(2,3)77-53-69-49-71-55-78(90(4,5)6)57-73(86(71)102-46-30-26-42-82(98)94-106-62-66-35-19-14-20-36-66)51-75-59-80(92(10,11)12)60-76(88(75)104-48-32-28-44-84(100)96-108-64-68-39-23-16-24-40-68)52-74-58-79(91(7,8)9)56-72(87(74)103-47-31-27-43-83(99)95-107-63-67-37-21-15-22-38-67)50-70(54-77)85(69)101-45-29-25-41-81(97)93-105-61-65-33-17-13-18-34-65/h13-24,33-40,53-60H,25-32,41-52,61-64H2,1-12H3,(H,93,97)(H,94,98)(H,95,99)(H,96,100). The van der Waals surface area contributed by atoms with E-state index in [2.05, 4.69) is 154 Å². The first-order chi connectivity index (χ1) is 51.7.